The molecule has 2 rings (SSSR count). The third-order valence-electron chi connectivity index (χ3n) is 4.32. The van der Waals surface area contributed by atoms with Gasteiger partial charge in [-0.3, -0.25) is 0 Å². The topological polar surface area (TPSA) is 114 Å². The maximum absolute atomic E-state index is 12.6. The Morgan fingerprint density at radius 1 is 1.13 bits per heavy atom. The van der Waals surface area contributed by atoms with Crippen molar-refractivity contribution in [1.29, 1.82) is 0 Å². The summed E-state index contributed by atoms with van der Waals surface area (Å²) in [5, 5.41) is 5.63. The zero-order valence-electron chi connectivity index (χ0n) is 19.8. The Kier molecular flexibility index (Phi) is 8.19. The van der Waals surface area contributed by atoms with Gasteiger partial charge in [0.25, 0.3) is 0 Å². The van der Waals surface area contributed by atoms with Crippen molar-refractivity contribution >= 4 is 18.1 Å². The van der Waals surface area contributed by atoms with Gasteiger partial charge in [0.15, 0.2) is 0 Å². The molecule has 0 aromatic carbocycles. The van der Waals surface area contributed by atoms with Crippen LogP contribution in [0.1, 0.15) is 47.1 Å². The van der Waals surface area contributed by atoms with Gasteiger partial charge in [-0.15, -0.1) is 0 Å². The number of piperazine rings is 1. The van der Waals surface area contributed by atoms with Crippen LogP contribution in [-0.2, 0) is 16.0 Å². The van der Waals surface area contributed by atoms with Gasteiger partial charge in [0.2, 0.25) is 5.95 Å². The van der Waals surface area contributed by atoms with E-state index >= 15 is 0 Å². The number of likely N-dealkylation sites (N-methyl/N-ethyl adjacent to an activating group) is 1. The number of rotatable bonds is 5. The van der Waals surface area contributed by atoms with Crippen molar-refractivity contribution in [1.82, 2.24) is 20.2 Å². The van der Waals surface area contributed by atoms with Crippen LogP contribution in [-0.4, -0.2) is 77.5 Å². The van der Waals surface area contributed by atoms with Crippen molar-refractivity contribution in [3.63, 3.8) is 0 Å². The molecule has 1 aromatic rings. The molecule has 0 aliphatic carbocycles. The Balaban J connectivity index is 2.12. The van der Waals surface area contributed by atoms with Crippen LogP contribution in [0.4, 0.5) is 15.5 Å². The summed E-state index contributed by atoms with van der Waals surface area (Å²) in [5.74, 6) is 0.632. The Morgan fingerprint density at radius 2 is 1.68 bits per heavy atom. The number of nitrogens with zero attached hydrogens (tertiary/aromatic N) is 4. The van der Waals surface area contributed by atoms with Gasteiger partial charge in [0.05, 0.1) is 26.2 Å². The molecule has 174 valence electrons. The highest BCUT2D eigenvalue weighted by molar-refractivity contribution is 5.88. The second-order valence-electron chi connectivity index (χ2n) is 9.68. The van der Waals surface area contributed by atoms with Crippen LogP contribution in [0.3, 0.4) is 0 Å². The van der Waals surface area contributed by atoms with Gasteiger partial charge >= 0.3 is 12.2 Å². The molecule has 1 saturated heterocycles. The monoisotopic (exact) mass is 437 g/mol. The highest BCUT2D eigenvalue weighted by atomic mass is 16.6. The number of ether oxygens (including phenoxy) is 2. The highest BCUT2D eigenvalue weighted by Crippen LogP contribution is 2.17. The van der Waals surface area contributed by atoms with E-state index < -0.39 is 23.4 Å². The van der Waals surface area contributed by atoms with Gasteiger partial charge in [-0.1, -0.05) is 0 Å². The second kappa shape index (κ2) is 10.2. The first-order valence-corrected chi connectivity index (χ1v) is 10.7. The minimum absolute atomic E-state index is 0.0426. The molecule has 1 unspecified atom stereocenters. The predicted octanol–water partition coefficient (Wildman–Crippen LogP) is 1.12. The molecular formula is C21H37N6O4+. The fraction of sp³-hybridized carbons (Fsp3) is 0.714. The molecule has 0 saturated carbocycles. The number of aromatic nitrogens is 2. The fourth-order valence-electron chi connectivity index (χ4n) is 3.06. The smallest absolute Gasteiger partial charge is 0.420 e. The molecule has 2 heterocycles. The molecule has 2 amide bonds. The summed E-state index contributed by atoms with van der Waals surface area (Å²) >= 11 is 0. The van der Waals surface area contributed by atoms with Crippen LogP contribution in [0.5, 0.6) is 0 Å². The Morgan fingerprint density at radius 3 is 2.16 bits per heavy atom. The van der Waals surface area contributed by atoms with E-state index in [4.69, 9.17) is 9.47 Å². The molecule has 1 fully saturated rings. The summed E-state index contributed by atoms with van der Waals surface area (Å²) in [5.41, 5.74) is -0.882. The van der Waals surface area contributed by atoms with Crippen LogP contribution in [0.2, 0.25) is 0 Å². The van der Waals surface area contributed by atoms with E-state index in [2.05, 4.69) is 25.5 Å². The summed E-state index contributed by atoms with van der Waals surface area (Å²) in [4.78, 5) is 37.3. The molecule has 0 bridgehead atoms. The zero-order valence-corrected chi connectivity index (χ0v) is 19.8. The van der Waals surface area contributed by atoms with Gasteiger partial charge < -0.3 is 25.0 Å². The molecule has 1 aliphatic heterocycles. The third-order valence-corrected chi connectivity index (χ3v) is 4.32. The number of carbonyl (C=O) groups excluding carboxylic acids is 2. The van der Waals surface area contributed by atoms with Crippen molar-refractivity contribution < 1.29 is 24.4 Å². The molecule has 0 spiro atoms. The van der Waals surface area contributed by atoms with Crippen LogP contribution in [0, 0.1) is 0 Å². The SMILES string of the molecule is C[NH2+]CC1CN(c2ncc(CN(C(=O)OC(C)(C)C)C(=O)OC(C)(C)C)cn2)CCN1. The molecule has 0 radical (unpaired) electrons. The molecule has 1 aliphatic rings. The van der Waals surface area contributed by atoms with Crippen molar-refractivity contribution in [3.8, 4) is 0 Å². The number of hydrogen-bond acceptors (Lipinski definition) is 8. The number of quaternary nitrogens is 1. The molecule has 10 nitrogen and oxygen atoms in total. The van der Waals surface area contributed by atoms with Crippen molar-refractivity contribution in [2.75, 3.05) is 38.1 Å². The van der Waals surface area contributed by atoms with E-state index in [-0.39, 0.29) is 6.54 Å². The van der Waals surface area contributed by atoms with Gasteiger partial charge in [0.1, 0.15) is 11.2 Å². The first-order chi connectivity index (χ1) is 14.4. The zero-order chi connectivity index (χ0) is 23.2. The van der Waals surface area contributed by atoms with E-state index in [0.29, 0.717) is 17.6 Å². The maximum atomic E-state index is 12.6. The standard InChI is InChI=1S/C21H36N6O4/c1-20(2,3)30-18(28)27(19(29)31-21(4,5)6)13-15-10-24-17(25-11-15)26-9-8-23-16(14-26)12-22-7/h10-11,16,22-23H,8-9,12-14H2,1-7H3/p+1. The normalized spacial score (nSPS) is 17.3. The lowest BCUT2D eigenvalue weighted by atomic mass is 10.2. The molecule has 10 heteroatoms. The summed E-state index contributed by atoms with van der Waals surface area (Å²) in [7, 11) is 2.05. The number of hydrogen-bond donors (Lipinski definition) is 2. The van der Waals surface area contributed by atoms with E-state index in [1.54, 1.807) is 53.9 Å². The van der Waals surface area contributed by atoms with Crippen LogP contribution < -0.4 is 15.5 Å². The number of nitrogens with two attached hydrogens (primary N) is 1. The van der Waals surface area contributed by atoms with Crippen LogP contribution in [0.15, 0.2) is 12.4 Å². The summed E-state index contributed by atoms with van der Waals surface area (Å²) in [6, 6.07) is 0.372. The number of anilines is 1. The molecule has 1 atom stereocenters. The van der Waals surface area contributed by atoms with Crippen molar-refractivity contribution in [3.05, 3.63) is 18.0 Å². The fourth-order valence-corrected chi connectivity index (χ4v) is 3.06. The average molecular weight is 438 g/mol. The lowest BCUT2D eigenvalue weighted by Crippen LogP contribution is -2.84. The lowest BCUT2D eigenvalue weighted by Gasteiger charge is -2.32. The second-order valence-corrected chi connectivity index (χ2v) is 9.68. The van der Waals surface area contributed by atoms with Crippen molar-refractivity contribution in [2.24, 2.45) is 0 Å². The van der Waals surface area contributed by atoms with Gasteiger partial charge in [-0.2, -0.15) is 0 Å². The van der Waals surface area contributed by atoms with Gasteiger partial charge in [-0.05, 0) is 41.5 Å². The van der Waals surface area contributed by atoms with Gasteiger partial charge in [0, 0.05) is 37.6 Å². The van der Waals surface area contributed by atoms with E-state index in [1.807, 2.05) is 7.05 Å². The predicted molar refractivity (Wildman–Crippen MR) is 117 cm³/mol. The average Bonchev–Trinajstić information content (AvgIpc) is 2.64. The minimum Gasteiger partial charge on any atom is -0.443 e. The lowest BCUT2D eigenvalue weighted by molar-refractivity contribution is -0.629. The maximum Gasteiger partial charge on any atom is 0.420 e. The third kappa shape index (κ3) is 8.29. The van der Waals surface area contributed by atoms with Crippen molar-refractivity contribution in [2.45, 2.75) is 65.3 Å². The molecular weight excluding hydrogens is 400 g/mol. The van der Waals surface area contributed by atoms with E-state index in [0.717, 1.165) is 31.1 Å². The first kappa shape index (κ1) is 24.8. The molecule has 1 aromatic heterocycles. The molecule has 3 N–H and O–H groups in total. The Labute approximate surface area is 184 Å². The molecule has 31 heavy (non-hydrogen) atoms. The number of amides is 2. The van der Waals surface area contributed by atoms with Gasteiger partial charge in [-0.25, -0.2) is 24.5 Å². The Bertz CT molecular complexity index is 712. The summed E-state index contributed by atoms with van der Waals surface area (Å²) in [6.45, 7) is 13.9. The quantitative estimate of drug-likeness (QED) is 0.705. The number of imide groups is 1. The van der Waals surface area contributed by atoms with Crippen LogP contribution in [0.25, 0.3) is 0 Å². The van der Waals surface area contributed by atoms with Crippen LogP contribution >= 0.6 is 0 Å². The summed E-state index contributed by atoms with van der Waals surface area (Å²) < 4.78 is 10.8. The van der Waals surface area contributed by atoms with E-state index in [1.165, 1.54) is 0 Å². The number of nitrogens with one attached hydrogen (secondary N) is 1. The highest BCUT2D eigenvalue weighted by Gasteiger charge is 2.31. The minimum atomic E-state index is -0.772. The first-order valence-electron chi connectivity index (χ1n) is 10.7. The Hall–Kier alpha value is -2.46. The largest absolute Gasteiger partial charge is 0.443 e. The van der Waals surface area contributed by atoms with E-state index in [9.17, 15) is 9.59 Å². The summed E-state index contributed by atoms with van der Waals surface area (Å²) in [6.07, 6.45) is 1.72. The number of carbonyl (C=O) groups is 2.